The number of rotatable bonds is 3. The molecule has 0 saturated carbocycles. The van der Waals surface area contributed by atoms with Crippen molar-refractivity contribution in [1.29, 1.82) is 0 Å². The molecule has 0 aliphatic carbocycles. The number of carbonyl (C=O) groups is 1. The molecule has 3 heterocycles. The maximum atomic E-state index is 13.2. The van der Waals surface area contributed by atoms with Crippen molar-refractivity contribution in [2.24, 2.45) is 0 Å². The molecular formula is C19H20N4O2S. The van der Waals surface area contributed by atoms with Gasteiger partial charge >= 0.3 is 0 Å². The van der Waals surface area contributed by atoms with Gasteiger partial charge in [-0.1, -0.05) is 12.1 Å². The fourth-order valence-electron chi connectivity index (χ4n) is 3.51. The molecule has 26 heavy (non-hydrogen) atoms. The number of hydrogen-bond acceptors (Lipinski definition) is 5. The Morgan fingerprint density at radius 2 is 2.04 bits per heavy atom. The number of benzene rings is 1. The van der Waals surface area contributed by atoms with Gasteiger partial charge in [0, 0.05) is 17.5 Å². The monoisotopic (exact) mass is 368 g/mol. The van der Waals surface area contributed by atoms with Crippen LogP contribution in [0.15, 0.2) is 41.9 Å². The Balaban J connectivity index is 1.68. The van der Waals surface area contributed by atoms with Crippen LogP contribution in [-0.4, -0.2) is 33.8 Å². The molecule has 0 spiro atoms. The number of carbonyl (C=O) groups excluding carboxylic acids is 1. The minimum absolute atomic E-state index is 0.0939. The van der Waals surface area contributed by atoms with Crippen LogP contribution in [0.5, 0.6) is 5.75 Å². The van der Waals surface area contributed by atoms with Gasteiger partial charge in [0.05, 0.1) is 24.9 Å². The maximum Gasteiger partial charge on any atom is 0.279 e. The molecule has 1 amide bonds. The molecular weight excluding hydrogens is 348 g/mol. The first-order valence-corrected chi connectivity index (χ1v) is 9.44. The summed E-state index contributed by atoms with van der Waals surface area (Å²) in [5.74, 6) is 1.48. The van der Waals surface area contributed by atoms with Crippen LogP contribution >= 0.6 is 11.3 Å². The van der Waals surface area contributed by atoms with Gasteiger partial charge in [0.1, 0.15) is 22.3 Å². The lowest BCUT2D eigenvalue weighted by atomic mass is 10.1. The highest BCUT2D eigenvalue weighted by Gasteiger charge is 2.34. The zero-order valence-corrected chi connectivity index (χ0v) is 15.7. The van der Waals surface area contributed by atoms with Crippen LogP contribution < -0.4 is 9.64 Å². The summed E-state index contributed by atoms with van der Waals surface area (Å²) in [6.45, 7) is 4.19. The molecule has 1 aliphatic heterocycles. The Labute approximate surface area is 156 Å². The average Bonchev–Trinajstić information content (AvgIpc) is 3.31. The number of thiazole rings is 1. The second-order valence-corrected chi connectivity index (χ2v) is 7.34. The molecule has 2 atom stereocenters. The Bertz CT molecular complexity index is 948. The Hall–Kier alpha value is -2.67. The summed E-state index contributed by atoms with van der Waals surface area (Å²) in [7, 11) is 1.64. The number of hydrogen-bond donors (Lipinski definition) is 0. The van der Waals surface area contributed by atoms with Crippen LogP contribution in [0.1, 0.15) is 36.8 Å². The Kier molecular flexibility index (Phi) is 4.24. The van der Waals surface area contributed by atoms with Crippen LogP contribution in [0.2, 0.25) is 0 Å². The van der Waals surface area contributed by atoms with Gasteiger partial charge in [0.2, 0.25) is 0 Å². The first-order chi connectivity index (χ1) is 12.6. The molecule has 0 N–H and O–H groups in total. The van der Waals surface area contributed by atoms with Crippen LogP contribution in [0.3, 0.4) is 0 Å². The topological polar surface area (TPSA) is 60.2 Å². The largest absolute Gasteiger partial charge is 0.496 e. The van der Waals surface area contributed by atoms with Crippen molar-refractivity contribution in [1.82, 2.24) is 14.8 Å². The van der Waals surface area contributed by atoms with Crippen LogP contribution in [0.25, 0.3) is 10.6 Å². The third-order valence-corrected chi connectivity index (χ3v) is 5.59. The zero-order valence-electron chi connectivity index (χ0n) is 14.9. The van der Waals surface area contributed by atoms with E-state index in [9.17, 15) is 4.79 Å². The number of ether oxygens (including phenoxy) is 1. The summed E-state index contributed by atoms with van der Waals surface area (Å²) < 4.78 is 7.32. The van der Waals surface area contributed by atoms with Crippen molar-refractivity contribution < 1.29 is 9.53 Å². The summed E-state index contributed by atoms with van der Waals surface area (Å²) >= 11 is 1.45. The minimum atomic E-state index is -0.0939. The molecule has 0 fully saturated rings. The first kappa shape index (κ1) is 16.8. The summed E-state index contributed by atoms with van der Waals surface area (Å²) in [4.78, 5) is 19.6. The van der Waals surface area contributed by atoms with Gasteiger partial charge in [-0.25, -0.2) is 9.67 Å². The molecule has 2 unspecified atom stereocenters. The highest BCUT2D eigenvalue weighted by atomic mass is 32.1. The highest BCUT2D eigenvalue weighted by molar-refractivity contribution is 7.13. The van der Waals surface area contributed by atoms with Crippen LogP contribution in [-0.2, 0) is 0 Å². The number of fused-ring (bicyclic) bond motifs is 1. The predicted octanol–water partition coefficient (Wildman–Crippen LogP) is 4.02. The fraction of sp³-hybridized carbons (Fsp3) is 0.316. The van der Waals surface area contributed by atoms with Crippen molar-refractivity contribution in [3.8, 4) is 16.3 Å². The summed E-state index contributed by atoms with van der Waals surface area (Å²) in [5, 5.41) is 6.95. The number of anilines is 1. The first-order valence-electron chi connectivity index (χ1n) is 8.56. The second-order valence-electron chi connectivity index (χ2n) is 6.48. The van der Waals surface area contributed by atoms with E-state index < -0.39 is 0 Å². The lowest BCUT2D eigenvalue weighted by Crippen LogP contribution is -2.45. The lowest BCUT2D eigenvalue weighted by molar-refractivity contribution is 0.0962. The van der Waals surface area contributed by atoms with E-state index in [4.69, 9.17) is 4.74 Å². The van der Waals surface area contributed by atoms with Crippen molar-refractivity contribution in [2.75, 3.05) is 12.0 Å². The van der Waals surface area contributed by atoms with Crippen LogP contribution in [0, 0.1) is 0 Å². The number of amides is 1. The van der Waals surface area contributed by atoms with E-state index in [1.165, 1.54) is 11.3 Å². The zero-order chi connectivity index (χ0) is 18.3. The number of methoxy groups -OCH3 is 1. The van der Waals surface area contributed by atoms with Crippen molar-refractivity contribution in [3.05, 3.63) is 47.6 Å². The maximum absolute atomic E-state index is 13.2. The fourth-order valence-corrected chi connectivity index (χ4v) is 4.33. The number of nitrogens with zero attached hydrogens (tertiary/aromatic N) is 4. The minimum Gasteiger partial charge on any atom is -0.496 e. The van der Waals surface area contributed by atoms with Crippen molar-refractivity contribution in [2.45, 2.75) is 32.4 Å². The summed E-state index contributed by atoms with van der Waals surface area (Å²) in [6, 6.07) is 9.96. The van der Waals surface area contributed by atoms with Gasteiger partial charge < -0.3 is 4.74 Å². The highest BCUT2D eigenvalue weighted by Crippen LogP contribution is 2.35. The van der Waals surface area contributed by atoms with Gasteiger partial charge in [0.25, 0.3) is 5.91 Å². The lowest BCUT2D eigenvalue weighted by Gasteiger charge is -2.36. The Morgan fingerprint density at radius 1 is 1.23 bits per heavy atom. The standard InChI is InChI=1S/C19H20N4O2S/c1-12-10-13(2)23-17(8-9-20-23)22(12)19(24)15-11-26-18(21-15)14-6-4-5-7-16(14)25-3/h4-9,11-13H,10H2,1-3H3. The van der Waals surface area contributed by atoms with Crippen molar-refractivity contribution >= 4 is 23.1 Å². The second kappa shape index (κ2) is 6.57. The number of para-hydroxylation sites is 1. The van der Waals surface area contributed by atoms with Crippen molar-refractivity contribution in [3.63, 3.8) is 0 Å². The van der Waals surface area contributed by atoms with E-state index in [0.717, 1.165) is 28.6 Å². The molecule has 2 aromatic heterocycles. The van der Waals surface area contributed by atoms with Gasteiger partial charge in [-0.15, -0.1) is 11.3 Å². The van der Waals surface area contributed by atoms with E-state index in [1.807, 2.05) is 40.4 Å². The number of aromatic nitrogens is 3. The van der Waals surface area contributed by atoms with Crippen LogP contribution in [0.4, 0.5) is 5.82 Å². The smallest absolute Gasteiger partial charge is 0.279 e. The average molecular weight is 368 g/mol. The molecule has 134 valence electrons. The third kappa shape index (κ3) is 2.68. The molecule has 7 heteroatoms. The van der Waals surface area contributed by atoms with E-state index in [0.29, 0.717) is 5.69 Å². The van der Waals surface area contributed by atoms with E-state index in [1.54, 1.807) is 18.2 Å². The van der Waals surface area contributed by atoms with E-state index >= 15 is 0 Å². The normalized spacial score (nSPS) is 19.3. The molecule has 1 aromatic carbocycles. The third-order valence-electron chi connectivity index (χ3n) is 4.72. The van der Waals surface area contributed by atoms with Gasteiger partial charge in [-0.3, -0.25) is 9.69 Å². The van der Waals surface area contributed by atoms with Gasteiger partial charge in [0.15, 0.2) is 0 Å². The molecule has 1 aliphatic rings. The molecule has 0 bridgehead atoms. The molecule has 3 aromatic rings. The van der Waals surface area contributed by atoms with E-state index in [-0.39, 0.29) is 18.0 Å². The predicted molar refractivity (Wildman–Crippen MR) is 102 cm³/mol. The van der Waals surface area contributed by atoms with E-state index in [2.05, 4.69) is 23.9 Å². The summed E-state index contributed by atoms with van der Waals surface area (Å²) in [6.07, 6.45) is 2.61. The SMILES string of the molecule is COc1ccccc1-c1nc(C(=O)N2c3ccnn3C(C)CC2C)cs1. The molecule has 0 radical (unpaired) electrons. The molecule has 6 nitrogen and oxygen atoms in total. The van der Waals surface area contributed by atoms with Gasteiger partial charge in [-0.2, -0.15) is 5.10 Å². The molecule has 0 saturated heterocycles. The Morgan fingerprint density at radius 3 is 2.85 bits per heavy atom. The quantitative estimate of drug-likeness (QED) is 0.701. The molecule has 4 rings (SSSR count). The summed E-state index contributed by atoms with van der Waals surface area (Å²) in [5.41, 5.74) is 1.34. The van der Waals surface area contributed by atoms with Gasteiger partial charge in [-0.05, 0) is 32.4 Å².